The van der Waals surface area contributed by atoms with Crippen molar-refractivity contribution in [2.45, 2.75) is 20.3 Å². The molecule has 1 aromatic carbocycles. The third-order valence-electron chi connectivity index (χ3n) is 4.59. The number of hydrogen-bond donors (Lipinski definition) is 2. The average Bonchev–Trinajstić information content (AvgIpc) is 2.91. The van der Waals surface area contributed by atoms with Gasteiger partial charge in [-0.25, -0.2) is 0 Å². The number of aromatic nitrogens is 2. The maximum Gasteiger partial charge on any atom is 0.307 e. The predicted molar refractivity (Wildman–Crippen MR) is 92.7 cm³/mol. The summed E-state index contributed by atoms with van der Waals surface area (Å²) in [7, 11) is 1.62. The third kappa shape index (κ3) is 3.48. The van der Waals surface area contributed by atoms with Gasteiger partial charge in [-0.3, -0.25) is 9.59 Å². The zero-order valence-corrected chi connectivity index (χ0v) is 15.0. The van der Waals surface area contributed by atoms with Gasteiger partial charge < -0.3 is 15.2 Å². The lowest BCUT2D eigenvalue weighted by Crippen LogP contribution is -2.17. The van der Waals surface area contributed by atoms with Crippen molar-refractivity contribution in [1.82, 2.24) is 10.2 Å². The molecule has 1 fully saturated rings. The van der Waals surface area contributed by atoms with Crippen LogP contribution in [0.4, 0.5) is 5.13 Å². The molecule has 3 rings (SSSR count). The Morgan fingerprint density at radius 2 is 1.92 bits per heavy atom. The molecule has 25 heavy (non-hydrogen) atoms. The lowest BCUT2D eigenvalue weighted by atomic mass is 10.1. The van der Waals surface area contributed by atoms with E-state index >= 15 is 0 Å². The number of carboxylic acids is 1. The largest absolute Gasteiger partial charge is 0.497 e. The van der Waals surface area contributed by atoms with Gasteiger partial charge in [0.1, 0.15) is 10.8 Å². The normalized spacial score (nSPS) is 20.8. The molecule has 132 valence electrons. The molecular formula is C17H19N3O4S. The fourth-order valence-electron chi connectivity index (χ4n) is 3.06. The first-order valence-electron chi connectivity index (χ1n) is 7.82. The fraction of sp³-hybridized carbons (Fsp3) is 0.412. The highest BCUT2D eigenvalue weighted by Gasteiger charge is 2.66. The molecule has 0 unspecified atom stereocenters. The number of rotatable bonds is 6. The second-order valence-corrected chi connectivity index (χ2v) is 7.69. The van der Waals surface area contributed by atoms with Crippen LogP contribution in [0.1, 0.15) is 24.4 Å². The summed E-state index contributed by atoms with van der Waals surface area (Å²) in [6.45, 7) is 3.57. The Bertz CT molecular complexity index is 800. The number of carbonyl (C=O) groups is 2. The molecule has 0 radical (unpaired) electrons. The van der Waals surface area contributed by atoms with Crippen molar-refractivity contribution >= 4 is 28.3 Å². The predicted octanol–water partition coefficient (Wildman–Crippen LogP) is 2.43. The molecule has 2 atom stereocenters. The van der Waals surface area contributed by atoms with Crippen LogP contribution in [0.25, 0.3) is 0 Å². The van der Waals surface area contributed by atoms with Gasteiger partial charge in [-0.05, 0) is 23.1 Å². The van der Waals surface area contributed by atoms with Crippen molar-refractivity contribution in [3.05, 3.63) is 34.8 Å². The van der Waals surface area contributed by atoms with Gasteiger partial charge in [0.2, 0.25) is 11.0 Å². The summed E-state index contributed by atoms with van der Waals surface area (Å²) in [5.74, 6) is -1.67. The Labute approximate surface area is 149 Å². The van der Waals surface area contributed by atoms with Crippen molar-refractivity contribution in [1.29, 1.82) is 0 Å². The smallest absolute Gasteiger partial charge is 0.307 e. The number of ether oxygens (including phenoxy) is 1. The van der Waals surface area contributed by atoms with Gasteiger partial charge >= 0.3 is 5.97 Å². The van der Waals surface area contributed by atoms with E-state index in [-0.39, 0.29) is 5.91 Å². The van der Waals surface area contributed by atoms with Crippen LogP contribution in [0.5, 0.6) is 5.75 Å². The summed E-state index contributed by atoms with van der Waals surface area (Å²) in [4.78, 5) is 23.5. The minimum Gasteiger partial charge on any atom is -0.497 e. The fourth-order valence-corrected chi connectivity index (χ4v) is 3.84. The summed E-state index contributed by atoms with van der Waals surface area (Å²) in [5, 5.41) is 21.1. The third-order valence-corrected chi connectivity index (χ3v) is 5.43. The van der Waals surface area contributed by atoms with E-state index in [1.807, 2.05) is 24.3 Å². The van der Waals surface area contributed by atoms with Crippen LogP contribution in [-0.2, 0) is 16.0 Å². The number of nitrogens with zero attached hydrogens (tertiary/aromatic N) is 2. The Balaban J connectivity index is 1.62. The van der Waals surface area contributed by atoms with Crippen LogP contribution in [0.2, 0.25) is 0 Å². The van der Waals surface area contributed by atoms with Crippen LogP contribution in [0.3, 0.4) is 0 Å². The lowest BCUT2D eigenvalue weighted by Gasteiger charge is -2.02. The maximum absolute atomic E-state index is 12.3. The summed E-state index contributed by atoms with van der Waals surface area (Å²) >= 11 is 1.29. The number of nitrogens with one attached hydrogen (secondary N) is 1. The van der Waals surface area contributed by atoms with Gasteiger partial charge in [0.15, 0.2) is 0 Å². The Kier molecular flexibility index (Phi) is 4.47. The average molecular weight is 361 g/mol. The highest BCUT2D eigenvalue weighted by atomic mass is 32.1. The molecule has 1 saturated carbocycles. The molecule has 1 aliphatic carbocycles. The number of aliphatic carboxylic acids is 1. The van der Waals surface area contributed by atoms with Gasteiger partial charge in [-0.2, -0.15) is 0 Å². The summed E-state index contributed by atoms with van der Waals surface area (Å²) in [5.41, 5.74) is 0.524. The molecular weight excluding hydrogens is 342 g/mol. The number of methoxy groups -OCH3 is 1. The van der Waals surface area contributed by atoms with Crippen LogP contribution in [0, 0.1) is 17.3 Å². The SMILES string of the molecule is COc1ccc(Cc2nnc(NC(=O)[C@@H]3[C@@H](C(=O)O)C3(C)C)s2)cc1. The van der Waals surface area contributed by atoms with E-state index in [9.17, 15) is 9.59 Å². The van der Waals surface area contributed by atoms with Crippen molar-refractivity contribution in [2.75, 3.05) is 12.4 Å². The topological polar surface area (TPSA) is 101 Å². The van der Waals surface area contributed by atoms with E-state index in [0.717, 1.165) is 16.3 Å². The number of hydrogen-bond acceptors (Lipinski definition) is 6. The standard InChI is InChI=1S/C17H19N3O4S/c1-17(2)12(13(17)15(22)23)14(21)18-16-20-19-11(25-16)8-9-4-6-10(24-3)7-5-9/h4-7,12-13H,8H2,1-3H3,(H,22,23)(H,18,20,21)/t12-,13-/m0/s1. The van der Waals surface area contributed by atoms with Crippen molar-refractivity contribution in [3.8, 4) is 5.75 Å². The number of amides is 1. The summed E-state index contributed by atoms with van der Waals surface area (Å²) < 4.78 is 5.12. The summed E-state index contributed by atoms with van der Waals surface area (Å²) in [6, 6.07) is 7.64. The van der Waals surface area contributed by atoms with Crippen molar-refractivity contribution < 1.29 is 19.4 Å². The monoisotopic (exact) mass is 361 g/mol. The van der Waals surface area contributed by atoms with E-state index in [0.29, 0.717) is 11.6 Å². The highest BCUT2D eigenvalue weighted by Crippen LogP contribution is 2.58. The zero-order valence-electron chi connectivity index (χ0n) is 14.1. The first-order valence-corrected chi connectivity index (χ1v) is 8.63. The van der Waals surface area contributed by atoms with Gasteiger partial charge in [0, 0.05) is 6.42 Å². The van der Waals surface area contributed by atoms with Gasteiger partial charge in [0.05, 0.1) is 18.9 Å². The number of benzene rings is 1. The number of carboxylic acid groups (broad SMARTS) is 1. The van der Waals surface area contributed by atoms with Crippen LogP contribution < -0.4 is 10.1 Å². The second kappa shape index (κ2) is 6.44. The molecule has 0 spiro atoms. The minimum absolute atomic E-state index is 0.315. The zero-order chi connectivity index (χ0) is 18.2. The Hall–Kier alpha value is -2.48. The Morgan fingerprint density at radius 3 is 2.48 bits per heavy atom. The molecule has 1 aliphatic rings. The van der Waals surface area contributed by atoms with Gasteiger partial charge in [0.25, 0.3) is 0 Å². The number of carbonyl (C=O) groups excluding carboxylic acids is 1. The second-order valence-electron chi connectivity index (χ2n) is 6.63. The first-order chi connectivity index (χ1) is 11.8. The van der Waals surface area contributed by atoms with E-state index in [4.69, 9.17) is 9.84 Å². The Morgan fingerprint density at radius 1 is 1.24 bits per heavy atom. The molecule has 1 heterocycles. The van der Waals surface area contributed by atoms with Crippen molar-refractivity contribution in [3.63, 3.8) is 0 Å². The molecule has 0 bridgehead atoms. The molecule has 1 amide bonds. The molecule has 7 nitrogen and oxygen atoms in total. The quantitative estimate of drug-likeness (QED) is 0.819. The van der Waals surface area contributed by atoms with Gasteiger partial charge in [-0.15, -0.1) is 10.2 Å². The highest BCUT2D eigenvalue weighted by molar-refractivity contribution is 7.15. The van der Waals surface area contributed by atoms with E-state index in [1.165, 1.54) is 11.3 Å². The lowest BCUT2D eigenvalue weighted by molar-refractivity contribution is -0.140. The van der Waals surface area contributed by atoms with Crippen molar-refractivity contribution in [2.24, 2.45) is 17.3 Å². The maximum atomic E-state index is 12.3. The number of anilines is 1. The molecule has 2 aromatic rings. The molecule has 0 saturated heterocycles. The molecule has 1 aromatic heterocycles. The minimum atomic E-state index is -0.942. The van der Waals surface area contributed by atoms with Crippen LogP contribution >= 0.6 is 11.3 Å². The summed E-state index contributed by atoms with van der Waals surface area (Å²) in [6.07, 6.45) is 0.601. The van der Waals surface area contributed by atoms with E-state index in [1.54, 1.807) is 21.0 Å². The molecule has 2 N–H and O–H groups in total. The molecule has 8 heteroatoms. The van der Waals surface area contributed by atoms with Crippen LogP contribution in [-0.4, -0.2) is 34.3 Å². The van der Waals surface area contributed by atoms with E-state index < -0.39 is 23.2 Å². The van der Waals surface area contributed by atoms with E-state index in [2.05, 4.69) is 15.5 Å². The molecule has 0 aliphatic heterocycles. The van der Waals surface area contributed by atoms with Crippen LogP contribution in [0.15, 0.2) is 24.3 Å². The first kappa shape index (κ1) is 17.3. The van der Waals surface area contributed by atoms with Gasteiger partial charge in [-0.1, -0.05) is 37.3 Å².